The molecule has 1 aromatic carbocycles. The van der Waals surface area contributed by atoms with Crippen LogP contribution in [0.5, 0.6) is 5.75 Å². The molecule has 28 heavy (non-hydrogen) atoms. The molecule has 3 rings (SSSR count). The van der Waals surface area contributed by atoms with E-state index in [0.717, 1.165) is 4.57 Å². The Morgan fingerprint density at radius 2 is 1.71 bits per heavy atom. The number of rotatable bonds is 5. The average molecular weight is 423 g/mol. The second-order valence-corrected chi connectivity index (χ2v) is 6.52. The number of aromatic nitrogens is 3. The van der Waals surface area contributed by atoms with Crippen molar-refractivity contribution in [2.24, 2.45) is 0 Å². The van der Waals surface area contributed by atoms with E-state index < -0.39 is 30.3 Å². The van der Waals surface area contributed by atoms with Crippen molar-refractivity contribution in [3.05, 3.63) is 46.9 Å². The van der Waals surface area contributed by atoms with Crippen LogP contribution in [-0.2, 0) is 0 Å². The third-order valence-corrected chi connectivity index (χ3v) is 4.42. The van der Waals surface area contributed by atoms with Crippen molar-refractivity contribution in [2.75, 3.05) is 12.4 Å². The number of halogens is 6. The number of nitrogens with one attached hydrogen (secondary N) is 1. The van der Waals surface area contributed by atoms with Crippen LogP contribution in [0.15, 0.2) is 46.5 Å². The van der Waals surface area contributed by atoms with Crippen LogP contribution in [0.3, 0.4) is 0 Å². The molecule has 150 valence electrons. The lowest BCUT2D eigenvalue weighted by Crippen LogP contribution is -2.23. The quantitative estimate of drug-likeness (QED) is 0.378. The zero-order valence-electron chi connectivity index (χ0n) is 13.8. The van der Waals surface area contributed by atoms with Crippen molar-refractivity contribution in [3.63, 3.8) is 0 Å². The van der Waals surface area contributed by atoms with Crippen molar-refractivity contribution >= 4 is 22.8 Å². The summed E-state index contributed by atoms with van der Waals surface area (Å²) in [5.41, 5.74) is -0.202. The molecule has 0 saturated carbocycles. The van der Waals surface area contributed by atoms with E-state index in [-0.39, 0.29) is 27.6 Å². The Hall–Kier alpha value is -2.63. The molecule has 5 nitrogen and oxygen atoms in total. The van der Waals surface area contributed by atoms with Gasteiger partial charge in [-0.25, -0.2) is 4.98 Å². The second kappa shape index (κ2) is 7.41. The molecule has 2 heterocycles. The molecule has 0 radical (unpaired) electrons. The smallest absolute Gasteiger partial charge is 0.422 e. The number of aromatic amines is 1. The molecule has 0 unspecified atom stereocenters. The van der Waals surface area contributed by atoms with E-state index in [1.807, 2.05) is 0 Å². The Bertz CT molecular complexity index is 1020. The van der Waals surface area contributed by atoms with Gasteiger partial charge in [-0.2, -0.15) is 26.3 Å². The highest BCUT2D eigenvalue weighted by atomic mass is 32.2. The normalized spacial score (nSPS) is 12.5. The van der Waals surface area contributed by atoms with Crippen LogP contribution in [0.2, 0.25) is 0 Å². The summed E-state index contributed by atoms with van der Waals surface area (Å²) in [6.07, 6.45) is -7.56. The van der Waals surface area contributed by atoms with Gasteiger partial charge in [0.1, 0.15) is 11.3 Å². The number of benzene rings is 1. The van der Waals surface area contributed by atoms with Gasteiger partial charge < -0.3 is 9.72 Å². The van der Waals surface area contributed by atoms with Gasteiger partial charge in [-0.15, -0.1) is 0 Å². The van der Waals surface area contributed by atoms with Gasteiger partial charge in [0.05, 0.1) is 17.0 Å². The molecule has 0 atom stereocenters. The first kappa shape index (κ1) is 20.1. The minimum atomic E-state index is -4.51. The predicted molar refractivity (Wildman–Crippen MR) is 90.0 cm³/mol. The Morgan fingerprint density at radius 1 is 1.04 bits per heavy atom. The van der Waals surface area contributed by atoms with Crippen LogP contribution in [-0.4, -0.2) is 39.2 Å². The third kappa shape index (κ3) is 4.80. The number of thioether (sulfide) groups is 1. The number of fused-ring (bicyclic) bond motifs is 1. The van der Waals surface area contributed by atoms with E-state index in [2.05, 4.69) is 14.7 Å². The second-order valence-electron chi connectivity index (χ2n) is 5.57. The van der Waals surface area contributed by atoms with Crippen molar-refractivity contribution in [1.29, 1.82) is 0 Å². The molecule has 0 aliphatic heterocycles. The first-order valence-corrected chi connectivity index (χ1v) is 8.62. The van der Waals surface area contributed by atoms with Gasteiger partial charge in [0.2, 0.25) is 0 Å². The van der Waals surface area contributed by atoms with Gasteiger partial charge in [-0.3, -0.25) is 9.36 Å². The average Bonchev–Trinajstić information content (AvgIpc) is 3.06. The summed E-state index contributed by atoms with van der Waals surface area (Å²) in [7, 11) is 0. The fourth-order valence-corrected chi connectivity index (χ4v) is 3.08. The molecule has 0 aliphatic rings. The molecule has 0 aliphatic carbocycles. The van der Waals surface area contributed by atoms with E-state index in [1.54, 1.807) is 0 Å². The molecule has 0 saturated heterocycles. The number of hydrogen-bond acceptors (Lipinski definition) is 4. The zero-order valence-corrected chi connectivity index (χ0v) is 14.6. The standard InChI is InChI=1S/C16H11F6N3O2S/c17-15(18,19)7-27-10-3-1-9(2-4-10)25-13(26)12-11(5-6-23-12)24-14(25)28-8-16(20,21)22/h1-6,23H,7-8H2. The van der Waals surface area contributed by atoms with E-state index in [4.69, 9.17) is 0 Å². The summed E-state index contributed by atoms with van der Waals surface area (Å²) in [6.45, 7) is -1.49. The topological polar surface area (TPSA) is 59.9 Å². The van der Waals surface area contributed by atoms with Crippen molar-refractivity contribution < 1.29 is 31.1 Å². The molecular weight excluding hydrogens is 412 g/mol. The number of H-pyrrole nitrogens is 1. The zero-order chi connectivity index (χ0) is 20.5. The van der Waals surface area contributed by atoms with Gasteiger partial charge in [0, 0.05) is 6.20 Å². The summed E-state index contributed by atoms with van der Waals surface area (Å²) >= 11 is 0.332. The maximum Gasteiger partial charge on any atom is 0.422 e. The fourth-order valence-electron chi connectivity index (χ4n) is 2.30. The molecule has 12 heteroatoms. The van der Waals surface area contributed by atoms with Gasteiger partial charge >= 0.3 is 12.4 Å². The van der Waals surface area contributed by atoms with Crippen LogP contribution in [0.1, 0.15) is 0 Å². The lowest BCUT2D eigenvalue weighted by Gasteiger charge is -2.14. The predicted octanol–water partition coefficient (Wildman–Crippen LogP) is 4.31. The van der Waals surface area contributed by atoms with E-state index in [9.17, 15) is 31.1 Å². The molecule has 1 N–H and O–H groups in total. The molecule has 0 fully saturated rings. The third-order valence-electron chi connectivity index (χ3n) is 3.41. The van der Waals surface area contributed by atoms with Gasteiger partial charge in [-0.05, 0) is 30.3 Å². The first-order chi connectivity index (χ1) is 13.0. The van der Waals surface area contributed by atoms with Gasteiger partial charge in [-0.1, -0.05) is 11.8 Å². The summed E-state index contributed by atoms with van der Waals surface area (Å²) in [4.78, 5) is 19.4. The molecule has 0 amide bonds. The molecular formula is C16H11F6N3O2S. The van der Waals surface area contributed by atoms with Crippen LogP contribution in [0.25, 0.3) is 16.7 Å². The summed E-state index contributed by atoms with van der Waals surface area (Å²) in [5.74, 6) is -1.37. The van der Waals surface area contributed by atoms with Crippen molar-refractivity contribution in [2.45, 2.75) is 17.5 Å². The van der Waals surface area contributed by atoms with Crippen LogP contribution in [0, 0.1) is 0 Å². The SMILES string of the molecule is O=c1c2[nH]ccc2nc(SCC(F)(F)F)n1-c1ccc(OCC(F)(F)F)cc1. The highest BCUT2D eigenvalue weighted by Gasteiger charge is 2.29. The Labute approximate surface area is 157 Å². The first-order valence-electron chi connectivity index (χ1n) is 7.63. The molecule has 0 bridgehead atoms. The minimum absolute atomic E-state index is 0.0914. The van der Waals surface area contributed by atoms with Crippen LogP contribution >= 0.6 is 11.8 Å². The Morgan fingerprint density at radius 3 is 2.32 bits per heavy atom. The monoisotopic (exact) mass is 423 g/mol. The number of hydrogen-bond donors (Lipinski definition) is 1. The summed E-state index contributed by atoms with van der Waals surface area (Å²) in [6, 6.07) is 6.35. The Balaban J connectivity index is 1.98. The number of alkyl halides is 6. The molecule has 0 spiro atoms. The van der Waals surface area contributed by atoms with E-state index in [0.29, 0.717) is 11.8 Å². The van der Waals surface area contributed by atoms with Gasteiger partial charge in [0.25, 0.3) is 5.56 Å². The highest BCUT2D eigenvalue weighted by molar-refractivity contribution is 7.99. The van der Waals surface area contributed by atoms with Gasteiger partial charge in [0.15, 0.2) is 11.8 Å². The fraction of sp³-hybridized carbons (Fsp3) is 0.250. The molecule has 3 aromatic rings. The molecule has 2 aromatic heterocycles. The highest BCUT2D eigenvalue weighted by Crippen LogP contribution is 2.28. The Kier molecular flexibility index (Phi) is 5.33. The lowest BCUT2D eigenvalue weighted by molar-refractivity contribution is -0.153. The summed E-state index contributed by atoms with van der Waals surface area (Å²) < 4.78 is 80.0. The maximum atomic E-state index is 12.7. The summed E-state index contributed by atoms with van der Waals surface area (Å²) in [5, 5.41) is -0.196. The van der Waals surface area contributed by atoms with E-state index >= 15 is 0 Å². The van der Waals surface area contributed by atoms with E-state index in [1.165, 1.54) is 36.5 Å². The van der Waals surface area contributed by atoms with Crippen molar-refractivity contribution in [1.82, 2.24) is 14.5 Å². The number of nitrogens with zero attached hydrogens (tertiary/aromatic N) is 2. The number of ether oxygens (including phenoxy) is 1. The van der Waals surface area contributed by atoms with Crippen molar-refractivity contribution in [3.8, 4) is 11.4 Å². The lowest BCUT2D eigenvalue weighted by atomic mass is 10.3. The van der Waals surface area contributed by atoms with Crippen LogP contribution in [0.4, 0.5) is 26.3 Å². The minimum Gasteiger partial charge on any atom is -0.484 e. The van der Waals surface area contributed by atoms with Crippen LogP contribution < -0.4 is 10.3 Å². The largest absolute Gasteiger partial charge is 0.484 e. The maximum absolute atomic E-state index is 12.7.